The standard InChI is InChI=1S/C16H17NO2/c1-12-4-2-5-13(10-12)8-9-16(19)17-14-6-3-7-15(18)11-14/h2-7,10-11,18H,8-9H2,1H3,(H,17,19). The molecule has 0 radical (unpaired) electrons. The monoisotopic (exact) mass is 255 g/mol. The van der Waals surface area contributed by atoms with Crippen LogP contribution in [0, 0.1) is 6.92 Å². The second-order valence-electron chi connectivity index (χ2n) is 4.59. The number of nitrogens with one attached hydrogen (secondary N) is 1. The predicted molar refractivity (Wildman–Crippen MR) is 76.2 cm³/mol. The number of aryl methyl sites for hydroxylation is 2. The molecule has 0 aliphatic rings. The molecule has 0 aliphatic heterocycles. The summed E-state index contributed by atoms with van der Waals surface area (Å²) in [7, 11) is 0. The fourth-order valence-corrected chi connectivity index (χ4v) is 1.93. The van der Waals surface area contributed by atoms with Crippen molar-refractivity contribution in [3.05, 3.63) is 59.7 Å². The van der Waals surface area contributed by atoms with Gasteiger partial charge in [0.1, 0.15) is 5.75 Å². The van der Waals surface area contributed by atoms with E-state index in [1.165, 1.54) is 11.6 Å². The Kier molecular flexibility index (Phi) is 4.18. The van der Waals surface area contributed by atoms with Crippen LogP contribution in [0.25, 0.3) is 0 Å². The van der Waals surface area contributed by atoms with Crippen molar-refractivity contribution in [2.24, 2.45) is 0 Å². The lowest BCUT2D eigenvalue weighted by Crippen LogP contribution is -2.12. The van der Waals surface area contributed by atoms with Gasteiger partial charge in [0.2, 0.25) is 5.91 Å². The number of carbonyl (C=O) groups is 1. The first-order chi connectivity index (χ1) is 9.13. The molecular formula is C16H17NO2. The normalized spacial score (nSPS) is 10.2. The van der Waals surface area contributed by atoms with Crippen molar-refractivity contribution in [1.82, 2.24) is 0 Å². The third-order valence-corrected chi connectivity index (χ3v) is 2.85. The first-order valence-corrected chi connectivity index (χ1v) is 6.28. The van der Waals surface area contributed by atoms with E-state index in [4.69, 9.17) is 0 Å². The molecule has 0 saturated heterocycles. The quantitative estimate of drug-likeness (QED) is 0.880. The zero-order chi connectivity index (χ0) is 13.7. The Balaban J connectivity index is 1.88. The van der Waals surface area contributed by atoms with Gasteiger partial charge in [-0.1, -0.05) is 35.9 Å². The maximum atomic E-state index is 11.8. The van der Waals surface area contributed by atoms with E-state index < -0.39 is 0 Å². The molecule has 0 fully saturated rings. The highest BCUT2D eigenvalue weighted by atomic mass is 16.3. The molecule has 2 rings (SSSR count). The van der Waals surface area contributed by atoms with E-state index in [0.717, 1.165) is 5.56 Å². The summed E-state index contributed by atoms with van der Waals surface area (Å²) in [6.45, 7) is 2.04. The van der Waals surface area contributed by atoms with Gasteiger partial charge in [0, 0.05) is 18.2 Å². The fraction of sp³-hybridized carbons (Fsp3) is 0.188. The van der Waals surface area contributed by atoms with Crippen molar-refractivity contribution in [1.29, 1.82) is 0 Å². The molecule has 0 unspecified atom stereocenters. The van der Waals surface area contributed by atoms with Crippen LogP contribution in [0.4, 0.5) is 5.69 Å². The third kappa shape index (κ3) is 4.14. The highest BCUT2D eigenvalue weighted by molar-refractivity contribution is 5.91. The van der Waals surface area contributed by atoms with E-state index >= 15 is 0 Å². The molecule has 2 N–H and O–H groups in total. The highest BCUT2D eigenvalue weighted by Gasteiger charge is 2.03. The lowest BCUT2D eigenvalue weighted by Gasteiger charge is -2.06. The molecule has 0 spiro atoms. The van der Waals surface area contributed by atoms with Crippen LogP contribution < -0.4 is 5.32 Å². The molecule has 0 aromatic heterocycles. The maximum Gasteiger partial charge on any atom is 0.224 e. The summed E-state index contributed by atoms with van der Waals surface area (Å²) < 4.78 is 0. The van der Waals surface area contributed by atoms with E-state index in [2.05, 4.69) is 11.4 Å². The van der Waals surface area contributed by atoms with Crippen LogP contribution in [0.15, 0.2) is 48.5 Å². The molecule has 3 heteroatoms. The van der Waals surface area contributed by atoms with Crippen molar-refractivity contribution >= 4 is 11.6 Å². The van der Waals surface area contributed by atoms with Gasteiger partial charge in [-0.05, 0) is 31.0 Å². The molecule has 2 aromatic rings. The highest BCUT2D eigenvalue weighted by Crippen LogP contribution is 2.15. The van der Waals surface area contributed by atoms with Crippen molar-refractivity contribution in [2.45, 2.75) is 19.8 Å². The number of hydrogen-bond acceptors (Lipinski definition) is 2. The number of rotatable bonds is 4. The Morgan fingerprint density at radius 3 is 2.68 bits per heavy atom. The lowest BCUT2D eigenvalue weighted by atomic mass is 10.1. The summed E-state index contributed by atoms with van der Waals surface area (Å²) in [5.41, 5.74) is 2.98. The van der Waals surface area contributed by atoms with E-state index in [9.17, 15) is 9.90 Å². The topological polar surface area (TPSA) is 49.3 Å². The van der Waals surface area contributed by atoms with Crippen molar-refractivity contribution in [3.8, 4) is 5.75 Å². The molecule has 19 heavy (non-hydrogen) atoms. The number of amides is 1. The smallest absolute Gasteiger partial charge is 0.224 e. The summed E-state index contributed by atoms with van der Waals surface area (Å²) in [5.74, 6) is 0.101. The van der Waals surface area contributed by atoms with Crippen molar-refractivity contribution in [3.63, 3.8) is 0 Å². The second kappa shape index (κ2) is 6.05. The van der Waals surface area contributed by atoms with Gasteiger partial charge in [-0.25, -0.2) is 0 Å². The minimum absolute atomic E-state index is 0.0490. The van der Waals surface area contributed by atoms with Gasteiger partial charge in [0.05, 0.1) is 0 Å². The van der Waals surface area contributed by atoms with Crippen LogP contribution in [0.1, 0.15) is 17.5 Å². The first-order valence-electron chi connectivity index (χ1n) is 6.28. The van der Waals surface area contributed by atoms with Crippen LogP contribution in [-0.4, -0.2) is 11.0 Å². The molecule has 0 atom stereocenters. The third-order valence-electron chi connectivity index (χ3n) is 2.85. The van der Waals surface area contributed by atoms with Crippen LogP contribution in [0.3, 0.4) is 0 Å². The Morgan fingerprint density at radius 2 is 1.95 bits per heavy atom. The Bertz CT molecular complexity index is 578. The van der Waals surface area contributed by atoms with Crippen LogP contribution in [0.5, 0.6) is 5.75 Å². The summed E-state index contributed by atoms with van der Waals surface area (Å²) >= 11 is 0. The Labute approximate surface area is 112 Å². The van der Waals surface area contributed by atoms with E-state index in [1.54, 1.807) is 18.2 Å². The minimum Gasteiger partial charge on any atom is -0.508 e. The van der Waals surface area contributed by atoms with Gasteiger partial charge in [0.25, 0.3) is 0 Å². The molecule has 2 aromatic carbocycles. The zero-order valence-corrected chi connectivity index (χ0v) is 10.9. The minimum atomic E-state index is -0.0490. The van der Waals surface area contributed by atoms with Gasteiger partial charge in [-0.15, -0.1) is 0 Å². The van der Waals surface area contributed by atoms with Gasteiger partial charge >= 0.3 is 0 Å². The molecule has 3 nitrogen and oxygen atoms in total. The van der Waals surface area contributed by atoms with Crippen molar-refractivity contribution < 1.29 is 9.90 Å². The molecule has 0 bridgehead atoms. The summed E-state index contributed by atoms with van der Waals surface area (Å²) in [5, 5.41) is 12.1. The maximum absolute atomic E-state index is 11.8. The zero-order valence-electron chi connectivity index (χ0n) is 10.9. The number of phenols is 1. The molecule has 1 amide bonds. The average Bonchev–Trinajstić information content (AvgIpc) is 2.36. The molecule has 0 heterocycles. The number of benzene rings is 2. The number of hydrogen-bond donors (Lipinski definition) is 2. The van der Waals surface area contributed by atoms with Gasteiger partial charge < -0.3 is 10.4 Å². The molecule has 0 aliphatic carbocycles. The number of carbonyl (C=O) groups excluding carboxylic acids is 1. The van der Waals surface area contributed by atoms with Gasteiger partial charge in [0.15, 0.2) is 0 Å². The Hall–Kier alpha value is -2.29. The molecule has 98 valence electrons. The number of anilines is 1. The fourth-order valence-electron chi connectivity index (χ4n) is 1.93. The summed E-state index contributed by atoms with van der Waals surface area (Å²) in [4.78, 5) is 11.8. The number of phenolic OH excluding ortho intramolecular Hbond substituents is 1. The first kappa shape index (κ1) is 13.1. The van der Waals surface area contributed by atoms with Gasteiger partial charge in [-0.3, -0.25) is 4.79 Å². The molecular weight excluding hydrogens is 238 g/mol. The van der Waals surface area contributed by atoms with Gasteiger partial charge in [-0.2, -0.15) is 0 Å². The second-order valence-corrected chi connectivity index (χ2v) is 4.59. The largest absolute Gasteiger partial charge is 0.508 e. The lowest BCUT2D eigenvalue weighted by molar-refractivity contribution is -0.116. The summed E-state index contributed by atoms with van der Waals surface area (Å²) in [6, 6.07) is 14.7. The molecule has 0 saturated carbocycles. The average molecular weight is 255 g/mol. The summed E-state index contributed by atoms with van der Waals surface area (Å²) in [6.07, 6.45) is 1.14. The van der Waals surface area contributed by atoms with Crippen LogP contribution in [0.2, 0.25) is 0 Å². The Morgan fingerprint density at radius 1 is 1.16 bits per heavy atom. The van der Waals surface area contributed by atoms with E-state index in [0.29, 0.717) is 18.5 Å². The van der Waals surface area contributed by atoms with Crippen molar-refractivity contribution in [2.75, 3.05) is 5.32 Å². The van der Waals surface area contributed by atoms with Crippen LogP contribution in [-0.2, 0) is 11.2 Å². The SMILES string of the molecule is Cc1cccc(CCC(=O)Nc2cccc(O)c2)c1. The predicted octanol–water partition coefficient (Wildman–Crippen LogP) is 3.27. The van der Waals surface area contributed by atoms with E-state index in [1.807, 2.05) is 25.1 Å². The number of aromatic hydroxyl groups is 1. The van der Waals surface area contributed by atoms with E-state index in [-0.39, 0.29) is 11.7 Å². The van der Waals surface area contributed by atoms with Crippen LogP contribution >= 0.6 is 0 Å².